The number of hydrogen-bond acceptors (Lipinski definition) is 5. The zero-order valence-corrected chi connectivity index (χ0v) is 11.7. The molecule has 0 N–H and O–H groups in total. The van der Waals surface area contributed by atoms with Gasteiger partial charge in [-0.1, -0.05) is 15.9 Å². The summed E-state index contributed by atoms with van der Waals surface area (Å²) in [4.78, 5) is 22.9. The number of benzene rings is 1. The Kier molecular flexibility index (Phi) is 5.64. The van der Waals surface area contributed by atoms with E-state index in [4.69, 9.17) is 4.74 Å². The van der Waals surface area contributed by atoms with Crippen molar-refractivity contribution >= 4 is 27.9 Å². The molecule has 0 heterocycles. The highest BCUT2D eigenvalue weighted by Gasteiger charge is 2.16. The van der Waals surface area contributed by atoms with E-state index in [1.165, 1.54) is 32.4 Å². The molecule has 1 rings (SSSR count). The molecule has 0 unspecified atom stereocenters. The third-order valence-corrected chi connectivity index (χ3v) is 2.47. The predicted molar refractivity (Wildman–Crippen MR) is 68.4 cm³/mol. The number of hydrogen-bond donors (Lipinski definition) is 0. The van der Waals surface area contributed by atoms with E-state index < -0.39 is 11.9 Å². The number of ether oxygens (including phenoxy) is 3. The summed E-state index contributed by atoms with van der Waals surface area (Å²) in [6, 6.07) is 4.42. The van der Waals surface area contributed by atoms with E-state index in [9.17, 15) is 9.59 Å². The third kappa shape index (κ3) is 3.46. The number of methoxy groups -OCH3 is 2. The van der Waals surface area contributed by atoms with Crippen LogP contribution in [0.3, 0.4) is 0 Å². The SMILES string of the molecule is COC(=O)c1ccc(C(=O)OC)c(OCCBr)c1. The largest absolute Gasteiger partial charge is 0.492 e. The summed E-state index contributed by atoms with van der Waals surface area (Å²) in [7, 11) is 2.57. The van der Waals surface area contributed by atoms with Gasteiger partial charge in [0, 0.05) is 5.33 Å². The van der Waals surface area contributed by atoms with Crippen molar-refractivity contribution in [1.82, 2.24) is 0 Å². The van der Waals surface area contributed by atoms with Crippen LogP contribution in [0.25, 0.3) is 0 Å². The molecule has 1 aromatic rings. The molecule has 98 valence electrons. The van der Waals surface area contributed by atoms with Crippen LogP contribution >= 0.6 is 15.9 Å². The molecule has 1 aromatic carbocycles. The van der Waals surface area contributed by atoms with Crippen molar-refractivity contribution in [3.8, 4) is 5.75 Å². The van der Waals surface area contributed by atoms with Gasteiger partial charge in [0.15, 0.2) is 0 Å². The van der Waals surface area contributed by atoms with Crippen LogP contribution in [0.1, 0.15) is 20.7 Å². The number of esters is 2. The highest BCUT2D eigenvalue weighted by atomic mass is 79.9. The Bertz CT molecular complexity index is 444. The summed E-state index contributed by atoms with van der Waals surface area (Å²) in [5, 5.41) is 0.607. The molecule has 0 amide bonds. The Hall–Kier alpha value is -1.56. The first-order chi connectivity index (χ1) is 8.63. The minimum absolute atomic E-state index is 0.270. The second-order valence-electron chi connectivity index (χ2n) is 3.23. The molecule has 6 heteroatoms. The maximum atomic E-state index is 11.5. The van der Waals surface area contributed by atoms with Crippen molar-refractivity contribution in [3.63, 3.8) is 0 Å². The fourth-order valence-electron chi connectivity index (χ4n) is 1.31. The van der Waals surface area contributed by atoms with E-state index in [1.807, 2.05) is 0 Å². The second-order valence-corrected chi connectivity index (χ2v) is 4.02. The van der Waals surface area contributed by atoms with Crippen LogP contribution in [-0.4, -0.2) is 38.1 Å². The smallest absolute Gasteiger partial charge is 0.341 e. The van der Waals surface area contributed by atoms with Gasteiger partial charge >= 0.3 is 11.9 Å². The standard InChI is InChI=1S/C12H13BrO5/c1-16-11(14)8-3-4-9(12(15)17-2)10(7-8)18-6-5-13/h3-4,7H,5-6H2,1-2H3. The topological polar surface area (TPSA) is 61.8 Å². The second kappa shape index (κ2) is 7.00. The number of alkyl halides is 1. The molecule has 0 aliphatic carbocycles. The Morgan fingerprint density at radius 1 is 1.17 bits per heavy atom. The van der Waals surface area contributed by atoms with Crippen molar-refractivity contribution in [3.05, 3.63) is 29.3 Å². The lowest BCUT2D eigenvalue weighted by Crippen LogP contribution is -2.09. The van der Waals surface area contributed by atoms with Gasteiger partial charge in [0.25, 0.3) is 0 Å². The summed E-state index contributed by atoms with van der Waals surface area (Å²) in [6.45, 7) is 0.370. The average Bonchev–Trinajstić information content (AvgIpc) is 2.42. The minimum atomic E-state index is -0.518. The predicted octanol–water partition coefficient (Wildman–Crippen LogP) is 2.03. The lowest BCUT2D eigenvalue weighted by atomic mass is 10.1. The van der Waals surface area contributed by atoms with Crippen molar-refractivity contribution in [2.75, 3.05) is 26.2 Å². The maximum Gasteiger partial charge on any atom is 0.341 e. The van der Waals surface area contributed by atoms with Crippen LogP contribution in [-0.2, 0) is 9.47 Å². The van der Waals surface area contributed by atoms with E-state index in [1.54, 1.807) is 0 Å². The fraction of sp³-hybridized carbons (Fsp3) is 0.333. The summed E-state index contributed by atoms with van der Waals surface area (Å²) >= 11 is 3.21. The zero-order valence-electron chi connectivity index (χ0n) is 10.1. The van der Waals surface area contributed by atoms with E-state index >= 15 is 0 Å². The monoisotopic (exact) mass is 316 g/mol. The van der Waals surface area contributed by atoms with Gasteiger partial charge in [0.1, 0.15) is 11.3 Å². The minimum Gasteiger partial charge on any atom is -0.492 e. The Morgan fingerprint density at radius 3 is 2.39 bits per heavy atom. The van der Waals surface area contributed by atoms with Gasteiger partial charge in [-0.25, -0.2) is 9.59 Å². The number of carbonyl (C=O) groups excluding carboxylic acids is 2. The summed E-state index contributed by atoms with van der Waals surface area (Å²) in [5.74, 6) is -0.713. The van der Waals surface area contributed by atoms with Crippen LogP contribution in [0.5, 0.6) is 5.75 Å². The van der Waals surface area contributed by atoms with Gasteiger partial charge in [-0.15, -0.1) is 0 Å². The van der Waals surface area contributed by atoms with Crippen LogP contribution in [0, 0.1) is 0 Å². The fourth-order valence-corrected chi connectivity index (χ4v) is 1.48. The lowest BCUT2D eigenvalue weighted by Gasteiger charge is -2.10. The van der Waals surface area contributed by atoms with Crippen molar-refractivity contribution in [2.24, 2.45) is 0 Å². The molecule has 18 heavy (non-hydrogen) atoms. The van der Waals surface area contributed by atoms with Crippen molar-refractivity contribution in [1.29, 1.82) is 0 Å². The normalized spacial score (nSPS) is 9.72. The van der Waals surface area contributed by atoms with Gasteiger partial charge in [-0.05, 0) is 18.2 Å². The van der Waals surface area contributed by atoms with Gasteiger partial charge in [0.2, 0.25) is 0 Å². The van der Waals surface area contributed by atoms with Crippen LogP contribution in [0.2, 0.25) is 0 Å². The van der Waals surface area contributed by atoms with Gasteiger partial charge in [-0.3, -0.25) is 0 Å². The molecule has 0 saturated heterocycles. The van der Waals surface area contributed by atoms with E-state index in [0.29, 0.717) is 23.2 Å². The molecule has 0 radical (unpaired) electrons. The molecule has 0 spiro atoms. The first-order valence-electron chi connectivity index (χ1n) is 5.13. The quantitative estimate of drug-likeness (QED) is 0.614. The van der Waals surface area contributed by atoms with Crippen LogP contribution in [0.15, 0.2) is 18.2 Å². The third-order valence-electron chi connectivity index (χ3n) is 2.14. The van der Waals surface area contributed by atoms with Gasteiger partial charge in [0.05, 0.1) is 26.4 Å². The highest BCUT2D eigenvalue weighted by molar-refractivity contribution is 9.09. The van der Waals surface area contributed by atoms with Gasteiger partial charge in [-0.2, -0.15) is 0 Å². The van der Waals surface area contributed by atoms with Crippen molar-refractivity contribution in [2.45, 2.75) is 0 Å². The molecule has 0 aliphatic heterocycles. The first-order valence-corrected chi connectivity index (χ1v) is 6.25. The van der Waals surface area contributed by atoms with Crippen LogP contribution < -0.4 is 4.74 Å². The maximum absolute atomic E-state index is 11.5. The Balaban J connectivity index is 3.11. The number of rotatable bonds is 5. The molecule has 0 saturated carbocycles. The van der Waals surface area contributed by atoms with Crippen LogP contribution in [0.4, 0.5) is 0 Å². The number of carbonyl (C=O) groups is 2. The van der Waals surface area contributed by atoms with E-state index in [2.05, 4.69) is 25.4 Å². The van der Waals surface area contributed by atoms with E-state index in [0.717, 1.165) is 0 Å². The lowest BCUT2D eigenvalue weighted by molar-refractivity contribution is 0.0582. The summed E-state index contributed by atoms with van der Waals surface area (Å²) < 4.78 is 14.6. The summed E-state index contributed by atoms with van der Waals surface area (Å²) in [5.41, 5.74) is 0.584. The van der Waals surface area contributed by atoms with Gasteiger partial charge < -0.3 is 14.2 Å². The Morgan fingerprint density at radius 2 is 1.83 bits per heavy atom. The molecular formula is C12H13BrO5. The van der Waals surface area contributed by atoms with E-state index in [-0.39, 0.29) is 5.56 Å². The molecular weight excluding hydrogens is 304 g/mol. The van der Waals surface area contributed by atoms with Crippen molar-refractivity contribution < 1.29 is 23.8 Å². The Labute approximate surface area is 113 Å². The molecule has 0 atom stereocenters. The molecule has 0 aliphatic rings. The highest BCUT2D eigenvalue weighted by Crippen LogP contribution is 2.22. The molecule has 0 aromatic heterocycles. The molecule has 0 fully saturated rings. The average molecular weight is 317 g/mol. The number of halogens is 1. The zero-order chi connectivity index (χ0) is 13.5. The summed E-state index contributed by atoms with van der Waals surface area (Å²) in [6.07, 6.45) is 0. The molecule has 5 nitrogen and oxygen atoms in total. The molecule has 0 bridgehead atoms. The first kappa shape index (κ1) is 14.5.